The predicted molar refractivity (Wildman–Crippen MR) is 117 cm³/mol. The molecule has 2 heterocycles. The molecule has 8 heteroatoms. The molecule has 5 atom stereocenters. The summed E-state index contributed by atoms with van der Waals surface area (Å²) in [5.74, 6) is 0. The van der Waals surface area contributed by atoms with Crippen molar-refractivity contribution in [3.8, 4) is 0 Å². The first kappa shape index (κ1) is 22.7. The topological polar surface area (TPSA) is 75.8 Å². The molecule has 0 aliphatic carbocycles. The lowest BCUT2D eigenvalue weighted by Crippen LogP contribution is -2.45. The van der Waals surface area contributed by atoms with E-state index in [1.807, 2.05) is 50.4 Å². The van der Waals surface area contributed by atoms with Gasteiger partial charge in [-0.3, -0.25) is 0 Å². The summed E-state index contributed by atoms with van der Waals surface area (Å²) in [5.41, 5.74) is 7.66. The number of hydrogen-bond donors (Lipinski definition) is 1. The van der Waals surface area contributed by atoms with Crippen LogP contribution in [0.4, 0.5) is 0 Å². The molecular weight excluding hydrogens is 456 g/mol. The van der Waals surface area contributed by atoms with Crippen LogP contribution in [-0.4, -0.2) is 49.0 Å². The smallest absolute Gasteiger partial charge is 0.184 e. The largest absolute Gasteiger partial charge is 0.376 e. The van der Waals surface area contributed by atoms with Gasteiger partial charge in [0.15, 0.2) is 6.29 Å². The fraction of sp³-hybridized carbons (Fsp3) is 0.476. The molecule has 0 amide bonds. The van der Waals surface area contributed by atoms with E-state index in [1.54, 1.807) is 7.11 Å². The van der Waals surface area contributed by atoms with Gasteiger partial charge in [-0.2, -0.15) is 0 Å². The second kappa shape index (κ2) is 10.9. The summed E-state index contributed by atoms with van der Waals surface area (Å²) in [5, 5.41) is 0. The zero-order valence-electron chi connectivity index (χ0n) is 16.8. The van der Waals surface area contributed by atoms with Gasteiger partial charge >= 0.3 is 0 Å². The van der Waals surface area contributed by atoms with Crippen LogP contribution in [0, 0.1) is 6.92 Å². The van der Waals surface area contributed by atoms with Gasteiger partial charge in [0.1, 0.15) is 22.2 Å². The Hall–Kier alpha value is -1.00. The summed E-state index contributed by atoms with van der Waals surface area (Å²) >= 11 is 5.05. The number of pyridine rings is 1. The minimum absolute atomic E-state index is 0.147. The Bertz CT molecular complexity index is 779. The molecule has 1 fully saturated rings. The molecular formula is C21H27BrN2O4S. The van der Waals surface area contributed by atoms with Gasteiger partial charge in [0.05, 0.1) is 12.7 Å². The first-order valence-electron chi connectivity index (χ1n) is 9.51. The van der Waals surface area contributed by atoms with Gasteiger partial charge in [0, 0.05) is 30.3 Å². The summed E-state index contributed by atoms with van der Waals surface area (Å²) in [7, 11) is 1.64. The number of ether oxygens (including phenoxy) is 4. The molecule has 158 valence electrons. The third kappa shape index (κ3) is 6.01. The highest BCUT2D eigenvalue weighted by Gasteiger charge is 2.35. The number of nitrogens with two attached hydrogens (primary N) is 1. The van der Waals surface area contributed by atoms with Crippen molar-refractivity contribution in [2.24, 2.45) is 5.73 Å². The van der Waals surface area contributed by atoms with Crippen LogP contribution in [0.25, 0.3) is 0 Å². The van der Waals surface area contributed by atoms with Gasteiger partial charge in [-0.25, -0.2) is 4.98 Å². The molecule has 3 rings (SSSR count). The standard InChI is InChI=1S/C21H27BrN2O4S/c1-13-9-18(19(22)24-11-13)29-21(16(10-23)25-3)28-17-12-26-20(27-14(17)2)15-7-5-4-6-8-15/h4-9,11,14,16-17,20-21H,10,12,23H2,1-3H3/t14-,16+,17?,20?,21?/m1/s1. The third-order valence-corrected chi connectivity index (χ3v) is 6.79. The molecule has 0 saturated carbocycles. The van der Waals surface area contributed by atoms with Gasteiger partial charge < -0.3 is 24.7 Å². The molecule has 0 spiro atoms. The number of thioether (sulfide) groups is 1. The van der Waals surface area contributed by atoms with E-state index in [0.29, 0.717) is 13.2 Å². The average Bonchev–Trinajstić information content (AvgIpc) is 2.73. The maximum Gasteiger partial charge on any atom is 0.184 e. The average molecular weight is 483 g/mol. The Labute approximate surface area is 184 Å². The lowest BCUT2D eigenvalue weighted by atomic mass is 10.1. The van der Waals surface area contributed by atoms with Crippen LogP contribution >= 0.6 is 27.7 Å². The van der Waals surface area contributed by atoms with Gasteiger partial charge in [-0.05, 0) is 41.4 Å². The maximum atomic E-state index is 6.39. The Morgan fingerprint density at radius 3 is 2.76 bits per heavy atom. The molecule has 2 aromatic rings. The SMILES string of the molecule is CO[C@@H](CN)C(OC1COC(c2ccccc2)O[C@@H]1C)Sc1cc(C)cnc1Br. The Morgan fingerprint density at radius 2 is 2.10 bits per heavy atom. The van der Waals surface area contributed by atoms with Crippen LogP contribution in [0.2, 0.25) is 0 Å². The molecule has 2 N–H and O–H groups in total. The molecule has 29 heavy (non-hydrogen) atoms. The molecule has 1 aliphatic rings. The van der Waals surface area contributed by atoms with E-state index in [-0.39, 0.29) is 30.0 Å². The van der Waals surface area contributed by atoms with Crippen LogP contribution in [0.3, 0.4) is 0 Å². The summed E-state index contributed by atoms with van der Waals surface area (Å²) in [4.78, 5) is 5.34. The number of aromatic nitrogens is 1. The Balaban J connectivity index is 1.70. The highest BCUT2D eigenvalue weighted by molar-refractivity contribution is 9.10. The normalized spacial score (nSPS) is 24.2. The van der Waals surface area contributed by atoms with Crippen LogP contribution in [0.15, 0.2) is 52.1 Å². The number of methoxy groups -OCH3 is 1. The second-order valence-electron chi connectivity index (χ2n) is 6.89. The van der Waals surface area contributed by atoms with Crippen molar-refractivity contribution in [1.82, 2.24) is 4.98 Å². The van der Waals surface area contributed by atoms with E-state index in [0.717, 1.165) is 20.6 Å². The van der Waals surface area contributed by atoms with Crippen LogP contribution in [-0.2, 0) is 18.9 Å². The number of nitrogens with zero attached hydrogens (tertiary/aromatic N) is 1. The maximum absolute atomic E-state index is 6.39. The van der Waals surface area contributed by atoms with E-state index < -0.39 is 0 Å². The molecule has 6 nitrogen and oxygen atoms in total. The molecule has 0 radical (unpaired) electrons. The fourth-order valence-electron chi connectivity index (χ4n) is 2.99. The Kier molecular flexibility index (Phi) is 8.49. The first-order chi connectivity index (χ1) is 14.0. The van der Waals surface area contributed by atoms with E-state index in [4.69, 9.17) is 24.7 Å². The number of rotatable bonds is 8. The van der Waals surface area contributed by atoms with Crippen LogP contribution in [0.5, 0.6) is 0 Å². The molecule has 1 aromatic carbocycles. The van der Waals surface area contributed by atoms with Gasteiger partial charge in [-0.1, -0.05) is 42.1 Å². The highest BCUT2D eigenvalue weighted by atomic mass is 79.9. The van der Waals surface area contributed by atoms with Crippen LogP contribution in [0.1, 0.15) is 24.3 Å². The molecule has 1 aromatic heterocycles. The van der Waals surface area contributed by atoms with Crippen molar-refractivity contribution < 1.29 is 18.9 Å². The summed E-state index contributed by atoms with van der Waals surface area (Å²) in [6.07, 6.45) is 0.751. The number of hydrogen-bond acceptors (Lipinski definition) is 7. The molecule has 1 aliphatic heterocycles. The fourth-order valence-corrected chi connectivity index (χ4v) is 4.71. The van der Waals surface area contributed by atoms with Gasteiger partial charge in [0.2, 0.25) is 0 Å². The molecule has 0 bridgehead atoms. The van der Waals surface area contributed by atoms with Crippen molar-refractivity contribution in [2.75, 3.05) is 20.3 Å². The van der Waals surface area contributed by atoms with Crippen LogP contribution < -0.4 is 5.73 Å². The van der Waals surface area contributed by atoms with Gasteiger partial charge in [-0.15, -0.1) is 0 Å². The summed E-state index contributed by atoms with van der Waals surface area (Å²) < 4.78 is 24.8. The van der Waals surface area contributed by atoms with Crippen molar-refractivity contribution in [1.29, 1.82) is 0 Å². The van der Waals surface area contributed by atoms with Crippen molar-refractivity contribution in [3.05, 3.63) is 58.3 Å². The summed E-state index contributed by atoms with van der Waals surface area (Å²) in [6.45, 7) is 4.76. The lowest BCUT2D eigenvalue weighted by Gasteiger charge is -2.37. The minimum atomic E-state index is -0.389. The van der Waals surface area contributed by atoms with Gasteiger partial charge in [0.25, 0.3) is 0 Å². The zero-order valence-corrected chi connectivity index (χ0v) is 19.2. The summed E-state index contributed by atoms with van der Waals surface area (Å²) in [6, 6.07) is 12.0. The number of benzene rings is 1. The van der Waals surface area contributed by atoms with E-state index in [2.05, 4.69) is 27.0 Å². The van der Waals surface area contributed by atoms with E-state index in [9.17, 15) is 0 Å². The van der Waals surface area contributed by atoms with Crippen molar-refractivity contribution >= 4 is 27.7 Å². The molecule has 3 unspecified atom stereocenters. The monoisotopic (exact) mass is 482 g/mol. The lowest BCUT2D eigenvalue weighted by molar-refractivity contribution is -0.266. The number of aryl methyl sites for hydroxylation is 1. The van der Waals surface area contributed by atoms with Crippen molar-refractivity contribution in [2.45, 2.75) is 48.8 Å². The van der Waals surface area contributed by atoms with E-state index >= 15 is 0 Å². The highest BCUT2D eigenvalue weighted by Crippen LogP contribution is 2.35. The zero-order chi connectivity index (χ0) is 20.8. The molecule has 1 saturated heterocycles. The number of halogens is 1. The minimum Gasteiger partial charge on any atom is -0.376 e. The van der Waals surface area contributed by atoms with Crippen molar-refractivity contribution in [3.63, 3.8) is 0 Å². The van der Waals surface area contributed by atoms with E-state index in [1.165, 1.54) is 11.8 Å². The quantitative estimate of drug-likeness (QED) is 0.345. The Morgan fingerprint density at radius 1 is 1.34 bits per heavy atom. The third-order valence-electron chi connectivity index (χ3n) is 4.68. The first-order valence-corrected chi connectivity index (χ1v) is 11.2. The second-order valence-corrected chi connectivity index (χ2v) is 8.78. The predicted octanol–water partition coefficient (Wildman–Crippen LogP) is 4.06.